The van der Waals surface area contributed by atoms with Crippen LogP contribution in [0.3, 0.4) is 0 Å². The number of carbonyl (C=O) groups excluding carboxylic acids is 2. The molecule has 5 rings (SSSR count). The van der Waals surface area contributed by atoms with E-state index in [1.165, 1.54) is 16.1 Å². The number of nitrogens with one attached hydrogen (secondary N) is 1. The Bertz CT molecular complexity index is 1500. The van der Waals surface area contributed by atoms with Gasteiger partial charge in [-0.3, -0.25) is 9.59 Å². The third kappa shape index (κ3) is 7.30. The van der Waals surface area contributed by atoms with Gasteiger partial charge in [0.15, 0.2) is 11.5 Å². The highest BCUT2D eigenvalue weighted by atomic mass is 32.1. The van der Waals surface area contributed by atoms with E-state index in [4.69, 9.17) is 18.9 Å². The van der Waals surface area contributed by atoms with Crippen LogP contribution < -0.4 is 19.5 Å². The fraction of sp³-hybridized carbons (Fsp3) is 0.367. The van der Waals surface area contributed by atoms with Gasteiger partial charge in [0, 0.05) is 30.1 Å². The highest BCUT2D eigenvalue weighted by Crippen LogP contribution is 2.31. The Balaban J connectivity index is 1.41. The van der Waals surface area contributed by atoms with Gasteiger partial charge in [-0.2, -0.15) is 4.80 Å². The number of methoxy groups -OCH3 is 3. The van der Waals surface area contributed by atoms with Crippen LogP contribution in [0.4, 0.5) is 0 Å². The largest absolute Gasteiger partial charge is 0.497 e. The highest BCUT2D eigenvalue weighted by Gasteiger charge is 2.33. The smallest absolute Gasteiger partial charge is 0.248 e. The van der Waals surface area contributed by atoms with Crippen molar-refractivity contribution >= 4 is 23.2 Å². The molecule has 0 aliphatic carbocycles. The molecule has 0 unspecified atom stereocenters. The minimum atomic E-state index is -0.871. The summed E-state index contributed by atoms with van der Waals surface area (Å²) in [6.07, 6.45) is 1.82. The van der Waals surface area contributed by atoms with Crippen LogP contribution in [0.1, 0.15) is 29.3 Å². The highest BCUT2D eigenvalue weighted by molar-refractivity contribution is 7.10. The molecular formula is C30H34N6O6S. The number of tetrazole rings is 1. The Morgan fingerprint density at radius 3 is 2.58 bits per heavy atom. The minimum Gasteiger partial charge on any atom is -0.497 e. The molecule has 1 aliphatic rings. The van der Waals surface area contributed by atoms with Gasteiger partial charge in [-0.05, 0) is 65.4 Å². The third-order valence-corrected chi connectivity index (χ3v) is 8.03. The Morgan fingerprint density at radius 1 is 1.09 bits per heavy atom. The standard InChI is InChI=1S/C30H34N6O6S/c1-39-22-11-8-20(9-12-22)18-35(28(26-7-5-15-43-26)30(38)31-17-23-6-4-14-42-23)27(37)19-36-33-29(32-34-36)21-10-13-24(40-2)25(16-21)41-3/h5,7-13,15-16,23,28H,4,6,14,17-19H2,1-3H3,(H,31,38)/t23-,28-/m1/s1. The number of carbonyl (C=O) groups is 2. The topological polar surface area (TPSA) is 130 Å². The van der Waals surface area contributed by atoms with Gasteiger partial charge in [-0.25, -0.2) is 0 Å². The number of benzene rings is 2. The van der Waals surface area contributed by atoms with Crippen LogP contribution in [0.5, 0.6) is 17.2 Å². The quantitative estimate of drug-likeness (QED) is 0.243. The maximum atomic E-state index is 14.0. The molecule has 2 aromatic heterocycles. The molecule has 4 aromatic rings. The van der Waals surface area contributed by atoms with E-state index in [0.717, 1.165) is 23.3 Å². The van der Waals surface area contributed by atoms with Gasteiger partial charge in [0.05, 0.1) is 27.4 Å². The molecule has 2 atom stereocenters. The van der Waals surface area contributed by atoms with Crippen molar-refractivity contribution in [3.8, 4) is 28.6 Å². The third-order valence-electron chi connectivity index (χ3n) is 7.10. The summed E-state index contributed by atoms with van der Waals surface area (Å²) in [6, 6.07) is 15.5. The fourth-order valence-corrected chi connectivity index (χ4v) is 5.69. The minimum absolute atomic E-state index is 0.0342. The maximum Gasteiger partial charge on any atom is 0.248 e. The lowest BCUT2D eigenvalue weighted by atomic mass is 10.1. The molecule has 3 heterocycles. The summed E-state index contributed by atoms with van der Waals surface area (Å²) in [6.45, 7) is 1.02. The molecule has 0 saturated carbocycles. The summed E-state index contributed by atoms with van der Waals surface area (Å²) in [5.74, 6) is 1.47. The van der Waals surface area contributed by atoms with E-state index in [1.54, 1.807) is 44.4 Å². The van der Waals surface area contributed by atoms with E-state index < -0.39 is 6.04 Å². The first-order valence-corrected chi connectivity index (χ1v) is 14.7. The molecule has 226 valence electrons. The SMILES string of the molecule is COc1ccc(CN(C(=O)Cn2nnc(-c3ccc(OC)c(OC)c3)n2)[C@@H](C(=O)NC[C@H]2CCCO2)c2cccs2)cc1. The van der Waals surface area contributed by atoms with Crippen molar-refractivity contribution in [2.45, 2.75) is 38.1 Å². The molecule has 0 spiro atoms. The zero-order chi connectivity index (χ0) is 30.2. The van der Waals surface area contributed by atoms with E-state index in [9.17, 15) is 9.59 Å². The number of hydrogen-bond acceptors (Lipinski definition) is 10. The van der Waals surface area contributed by atoms with Crippen LogP contribution >= 0.6 is 11.3 Å². The molecule has 43 heavy (non-hydrogen) atoms. The number of thiophene rings is 1. The van der Waals surface area contributed by atoms with Gasteiger partial charge in [0.1, 0.15) is 18.3 Å². The summed E-state index contributed by atoms with van der Waals surface area (Å²) in [4.78, 5) is 31.3. The van der Waals surface area contributed by atoms with Crippen LogP contribution in [0.15, 0.2) is 60.0 Å². The van der Waals surface area contributed by atoms with Crippen molar-refractivity contribution in [3.63, 3.8) is 0 Å². The lowest BCUT2D eigenvalue weighted by molar-refractivity contribution is -0.142. The first-order chi connectivity index (χ1) is 21.0. The number of nitrogens with zero attached hydrogens (tertiary/aromatic N) is 5. The van der Waals surface area contributed by atoms with Crippen LogP contribution in [-0.2, 0) is 27.4 Å². The second-order valence-corrected chi connectivity index (χ2v) is 10.9. The number of rotatable bonds is 13. The molecule has 0 bridgehead atoms. The molecule has 2 amide bonds. The lowest BCUT2D eigenvalue weighted by Crippen LogP contribution is -2.45. The number of ether oxygens (including phenoxy) is 4. The van der Waals surface area contributed by atoms with Gasteiger partial charge in [-0.15, -0.1) is 21.5 Å². The Kier molecular flexibility index (Phi) is 9.84. The van der Waals surface area contributed by atoms with Crippen LogP contribution in [0.2, 0.25) is 0 Å². The molecule has 1 fully saturated rings. The molecule has 0 radical (unpaired) electrons. The Labute approximate surface area is 253 Å². The summed E-state index contributed by atoms with van der Waals surface area (Å²) in [5.41, 5.74) is 1.48. The van der Waals surface area contributed by atoms with E-state index >= 15 is 0 Å². The molecule has 1 saturated heterocycles. The first-order valence-electron chi connectivity index (χ1n) is 13.8. The first kappa shape index (κ1) is 30.0. The maximum absolute atomic E-state index is 14.0. The zero-order valence-corrected chi connectivity index (χ0v) is 25.1. The van der Waals surface area contributed by atoms with Crippen LogP contribution in [0.25, 0.3) is 11.4 Å². The van der Waals surface area contributed by atoms with E-state index in [2.05, 4.69) is 20.7 Å². The Hall–Kier alpha value is -4.49. The molecule has 13 heteroatoms. The van der Waals surface area contributed by atoms with Crippen molar-refractivity contribution in [1.29, 1.82) is 0 Å². The van der Waals surface area contributed by atoms with Crippen molar-refractivity contribution in [2.24, 2.45) is 0 Å². The second kappa shape index (κ2) is 14.1. The number of amides is 2. The fourth-order valence-electron chi connectivity index (χ4n) is 4.85. The average molecular weight is 607 g/mol. The van der Waals surface area contributed by atoms with Crippen LogP contribution in [0, 0.1) is 0 Å². The normalized spacial score (nSPS) is 15.1. The van der Waals surface area contributed by atoms with E-state index in [1.807, 2.05) is 41.8 Å². The van der Waals surface area contributed by atoms with Gasteiger partial charge < -0.3 is 29.2 Å². The Morgan fingerprint density at radius 2 is 1.91 bits per heavy atom. The van der Waals surface area contributed by atoms with Gasteiger partial charge in [-0.1, -0.05) is 18.2 Å². The van der Waals surface area contributed by atoms with Crippen molar-refractivity contribution in [2.75, 3.05) is 34.5 Å². The van der Waals surface area contributed by atoms with Gasteiger partial charge >= 0.3 is 0 Å². The zero-order valence-electron chi connectivity index (χ0n) is 24.3. The van der Waals surface area contributed by atoms with Gasteiger partial charge in [0.25, 0.3) is 0 Å². The molecular weight excluding hydrogens is 572 g/mol. The summed E-state index contributed by atoms with van der Waals surface area (Å²) in [7, 11) is 4.70. The molecule has 12 nitrogen and oxygen atoms in total. The second-order valence-electron chi connectivity index (χ2n) is 9.88. The summed E-state index contributed by atoms with van der Waals surface area (Å²) in [5, 5.41) is 17.6. The van der Waals surface area contributed by atoms with E-state index in [-0.39, 0.29) is 31.0 Å². The molecule has 2 aromatic carbocycles. The summed E-state index contributed by atoms with van der Waals surface area (Å²) >= 11 is 1.42. The van der Waals surface area contributed by atoms with Crippen molar-refractivity contribution in [1.82, 2.24) is 30.4 Å². The van der Waals surface area contributed by atoms with Crippen molar-refractivity contribution < 1.29 is 28.5 Å². The predicted molar refractivity (Wildman–Crippen MR) is 159 cm³/mol. The van der Waals surface area contributed by atoms with Crippen LogP contribution in [-0.4, -0.2) is 77.5 Å². The average Bonchev–Trinajstić information content (AvgIpc) is 3.84. The molecule has 1 aliphatic heterocycles. The number of hydrogen-bond donors (Lipinski definition) is 1. The lowest BCUT2D eigenvalue weighted by Gasteiger charge is -2.31. The van der Waals surface area contributed by atoms with E-state index in [0.29, 0.717) is 41.8 Å². The predicted octanol–water partition coefficient (Wildman–Crippen LogP) is 3.49. The van der Waals surface area contributed by atoms with Crippen molar-refractivity contribution in [3.05, 3.63) is 70.4 Å². The monoisotopic (exact) mass is 606 g/mol. The summed E-state index contributed by atoms with van der Waals surface area (Å²) < 4.78 is 21.7. The molecule has 1 N–H and O–H groups in total. The van der Waals surface area contributed by atoms with Gasteiger partial charge in [0.2, 0.25) is 17.6 Å². The number of aromatic nitrogens is 4.